The number of fused-ring (bicyclic) bond motifs is 1. The standard InChI is InChI=1S/C21H22N6O2/c1-15-6-9-27(10-7-16-12-23-18-5-3-2-4-17(16)18)21(29)19(15)20(28)22-8-11-26-13-24-25-14-26/h2-6,9,12-14,23H,7-8,10-11H2,1H3,(H,22,28). The number of nitrogens with one attached hydrogen (secondary N) is 2. The highest BCUT2D eigenvalue weighted by atomic mass is 16.2. The topological polar surface area (TPSA) is 97.6 Å². The van der Waals surface area contributed by atoms with Crippen LogP contribution < -0.4 is 10.9 Å². The molecule has 0 spiro atoms. The molecule has 4 aromatic rings. The van der Waals surface area contributed by atoms with E-state index in [1.807, 2.05) is 30.5 Å². The Balaban J connectivity index is 1.47. The van der Waals surface area contributed by atoms with Gasteiger partial charge in [0.05, 0.1) is 0 Å². The molecule has 0 saturated carbocycles. The molecule has 29 heavy (non-hydrogen) atoms. The zero-order valence-corrected chi connectivity index (χ0v) is 16.1. The molecule has 1 aromatic carbocycles. The second kappa shape index (κ2) is 8.14. The number of para-hydroxylation sites is 1. The molecule has 0 aliphatic heterocycles. The molecule has 148 valence electrons. The summed E-state index contributed by atoms with van der Waals surface area (Å²) in [4.78, 5) is 28.8. The van der Waals surface area contributed by atoms with Crippen molar-refractivity contribution < 1.29 is 4.79 Å². The lowest BCUT2D eigenvalue weighted by atomic mass is 10.1. The number of nitrogens with zero attached hydrogens (tertiary/aromatic N) is 4. The van der Waals surface area contributed by atoms with E-state index in [4.69, 9.17) is 0 Å². The van der Waals surface area contributed by atoms with Gasteiger partial charge in [0.25, 0.3) is 11.5 Å². The Morgan fingerprint density at radius 1 is 1.14 bits per heavy atom. The Bertz CT molecular complexity index is 1190. The van der Waals surface area contributed by atoms with E-state index in [9.17, 15) is 9.59 Å². The van der Waals surface area contributed by atoms with E-state index in [0.29, 0.717) is 31.6 Å². The number of aryl methyl sites for hydroxylation is 3. The molecule has 0 atom stereocenters. The Kier molecular flexibility index (Phi) is 5.24. The molecule has 0 radical (unpaired) electrons. The van der Waals surface area contributed by atoms with Gasteiger partial charge in [-0.1, -0.05) is 18.2 Å². The number of hydrogen-bond donors (Lipinski definition) is 2. The normalized spacial score (nSPS) is 11.1. The first kappa shape index (κ1) is 18.7. The maximum absolute atomic E-state index is 12.9. The van der Waals surface area contributed by atoms with Crippen molar-refractivity contribution in [1.82, 2.24) is 29.6 Å². The number of aromatic amines is 1. The van der Waals surface area contributed by atoms with Gasteiger partial charge < -0.3 is 19.4 Å². The molecule has 1 amide bonds. The van der Waals surface area contributed by atoms with E-state index in [1.54, 1.807) is 34.9 Å². The van der Waals surface area contributed by atoms with E-state index in [0.717, 1.165) is 16.5 Å². The second-order valence-electron chi connectivity index (χ2n) is 6.94. The maximum Gasteiger partial charge on any atom is 0.263 e. The van der Waals surface area contributed by atoms with E-state index in [2.05, 4.69) is 26.6 Å². The summed E-state index contributed by atoms with van der Waals surface area (Å²) in [5, 5.41) is 11.4. The minimum atomic E-state index is -0.359. The first-order valence-corrected chi connectivity index (χ1v) is 9.49. The highest BCUT2D eigenvalue weighted by molar-refractivity contribution is 5.95. The van der Waals surface area contributed by atoms with E-state index < -0.39 is 0 Å². The number of amides is 1. The monoisotopic (exact) mass is 390 g/mol. The van der Waals surface area contributed by atoms with Crippen molar-refractivity contribution in [1.29, 1.82) is 0 Å². The number of rotatable bonds is 7. The second-order valence-corrected chi connectivity index (χ2v) is 6.94. The summed E-state index contributed by atoms with van der Waals surface area (Å²) in [7, 11) is 0. The van der Waals surface area contributed by atoms with Gasteiger partial charge in [0, 0.05) is 42.9 Å². The molecule has 0 aliphatic carbocycles. The third-order valence-corrected chi connectivity index (χ3v) is 5.02. The first-order valence-electron chi connectivity index (χ1n) is 9.49. The zero-order valence-electron chi connectivity index (χ0n) is 16.1. The summed E-state index contributed by atoms with van der Waals surface area (Å²) in [5.41, 5.74) is 2.81. The minimum Gasteiger partial charge on any atom is -0.361 e. The number of benzene rings is 1. The average molecular weight is 390 g/mol. The number of hydrogen-bond acceptors (Lipinski definition) is 4. The van der Waals surface area contributed by atoms with E-state index >= 15 is 0 Å². The number of aromatic nitrogens is 5. The molecule has 3 heterocycles. The van der Waals surface area contributed by atoms with Crippen molar-refractivity contribution in [3.05, 3.63) is 82.4 Å². The summed E-state index contributed by atoms with van der Waals surface area (Å²) in [6.07, 6.45) is 7.58. The molecular weight excluding hydrogens is 368 g/mol. The van der Waals surface area contributed by atoms with Crippen LogP contribution in [0, 0.1) is 6.92 Å². The van der Waals surface area contributed by atoms with Gasteiger partial charge in [-0.2, -0.15) is 0 Å². The van der Waals surface area contributed by atoms with Crippen LogP contribution in [-0.4, -0.2) is 36.8 Å². The predicted octanol–water partition coefficient (Wildman–Crippen LogP) is 1.90. The fourth-order valence-corrected chi connectivity index (χ4v) is 3.42. The van der Waals surface area contributed by atoms with Crippen molar-refractivity contribution >= 4 is 16.8 Å². The Morgan fingerprint density at radius 2 is 1.93 bits per heavy atom. The van der Waals surface area contributed by atoms with Crippen molar-refractivity contribution in [3.63, 3.8) is 0 Å². The predicted molar refractivity (Wildman–Crippen MR) is 110 cm³/mol. The number of pyridine rings is 1. The first-order chi connectivity index (χ1) is 14.1. The molecular formula is C21H22N6O2. The number of carbonyl (C=O) groups excluding carboxylic acids is 1. The van der Waals surface area contributed by atoms with Crippen LogP contribution >= 0.6 is 0 Å². The van der Waals surface area contributed by atoms with Gasteiger partial charge >= 0.3 is 0 Å². The van der Waals surface area contributed by atoms with Crippen LogP contribution in [0.4, 0.5) is 0 Å². The van der Waals surface area contributed by atoms with Crippen LogP contribution in [-0.2, 0) is 19.5 Å². The SMILES string of the molecule is Cc1ccn(CCc2c[nH]c3ccccc23)c(=O)c1C(=O)NCCn1cnnc1. The molecule has 0 bridgehead atoms. The fraction of sp³-hybridized carbons (Fsp3) is 0.238. The number of carbonyl (C=O) groups is 1. The van der Waals surface area contributed by atoms with Crippen LogP contribution in [0.3, 0.4) is 0 Å². The molecule has 2 N–H and O–H groups in total. The summed E-state index contributed by atoms with van der Waals surface area (Å²) < 4.78 is 3.36. The summed E-state index contributed by atoms with van der Waals surface area (Å²) in [5.74, 6) is -0.359. The van der Waals surface area contributed by atoms with E-state index in [1.165, 1.54) is 0 Å². The van der Waals surface area contributed by atoms with Crippen LogP contribution in [0.2, 0.25) is 0 Å². The summed E-state index contributed by atoms with van der Waals surface area (Å²) in [6, 6.07) is 9.89. The van der Waals surface area contributed by atoms with Gasteiger partial charge in [-0.25, -0.2) is 0 Å². The number of H-pyrrole nitrogens is 1. The molecule has 0 saturated heterocycles. The van der Waals surface area contributed by atoms with Crippen molar-refractivity contribution in [3.8, 4) is 0 Å². The smallest absolute Gasteiger partial charge is 0.263 e. The largest absolute Gasteiger partial charge is 0.361 e. The Morgan fingerprint density at radius 3 is 2.76 bits per heavy atom. The highest BCUT2D eigenvalue weighted by Gasteiger charge is 2.15. The van der Waals surface area contributed by atoms with Crippen molar-refractivity contribution in [2.75, 3.05) is 6.54 Å². The van der Waals surface area contributed by atoms with Crippen LogP contribution in [0.1, 0.15) is 21.5 Å². The van der Waals surface area contributed by atoms with Crippen LogP contribution in [0.15, 0.2) is 60.2 Å². The fourth-order valence-electron chi connectivity index (χ4n) is 3.42. The highest BCUT2D eigenvalue weighted by Crippen LogP contribution is 2.18. The van der Waals surface area contributed by atoms with Gasteiger partial charge in [-0.3, -0.25) is 9.59 Å². The zero-order chi connectivity index (χ0) is 20.2. The lowest BCUT2D eigenvalue weighted by Gasteiger charge is -2.11. The van der Waals surface area contributed by atoms with Gasteiger partial charge in [0.15, 0.2) is 0 Å². The lowest BCUT2D eigenvalue weighted by Crippen LogP contribution is -2.35. The van der Waals surface area contributed by atoms with Gasteiger partial charge in [-0.15, -0.1) is 10.2 Å². The molecule has 0 fully saturated rings. The Hall–Kier alpha value is -3.68. The van der Waals surface area contributed by atoms with Crippen molar-refractivity contribution in [2.45, 2.75) is 26.4 Å². The molecule has 8 nitrogen and oxygen atoms in total. The minimum absolute atomic E-state index is 0.190. The third kappa shape index (κ3) is 3.96. The summed E-state index contributed by atoms with van der Waals surface area (Å²) >= 11 is 0. The quantitative estimate of drug-likeness (QED) is 0.504. The molecule has 8 heteroatoms. The Labute approximate surface area is 167 Å². The maximum atomic E-state index is 12.9. The molecule has 3 aromatic heterocycles. The van der Waals surface area contributed by atoms with Gasteiger partial charge in [-0.05, 0) is 36.6 Å². The van der Waals surface area contributed by atoms with Crippen LogP contribution in [0.5, 0.6) is 0 Å². The lowest BCUT2D eigenvalue weighted by molar-refractivity contribution is 0.0949. The van der Waals surface area contributed by atoms with Gasteiger partial charge in [0.2, 0.25) is 0 Å². The third-order valence-electron chi connectivity index (χ3n) is 5.02. The average Bonchev–Trinajstić information content (AvgIpc) is 3.37. The van der Waals surface area contributed by atoms with Crippen LogP contribution in [0.25, 0.3) is 10.9 Å². The summed E-state index contributed by atoms with van der Waals surface area (Å²) in [6.45, 7) is 3.21. The molecule has 0 unspecified atom stereocenters. The van der Waals surface area contributed by atoms with E-state index in [-0.39, 0.29) is 17.0 Å². The van der Waals surface area contributed by atoms with Crippen molar-refractivity contribution in [2.24, 2.45) is 0 Å². The van der Waals surface area contributed by atoms with Gasteiger partial charge in [0.1, 0.15) is 18.2 Å². The molecule has 0 aliphatic rings. The molecule has 4 rings (SSSR count).